The lowest BCUT2D eigenvalue weighted by Crippen LogP contribution is -2.28. The van der Waals surface area contributed by atoms with Crippen molar-refractivity contribution in [1.29, 1.82) is 0 Å². The zero-order chi connectivity index (χ0) is 15.2. The van der Waals surface area contributed by atoms with Crippen LogP contribution in [-0.2, 0) is 11.2 Å². The molecule has 0 spiro atoms. The van der Waals surface area contributed by atoms with E-state index in [9.17, 15) is 4.79 Å². The van der Waals surface area contributed by atoms with Crippen molar-refractivity contribution in [2.45, 2.75) is 33.2 Å². The minimum absolute atomic E-state index is 0.0271. The smallest absolute Gasteiger partial charge is 0.224 e. The van der Waals surface area contributed by atoms with E-state index < -0.39 is 0 Å². The van der Waals surface area contributed by atoms with Crippen LogP contribution in [0.3, 0.4) is 0 Å². The van der Waals surface area contributed by atoms with Crippen molar-refractivity contribution < 1.29 is 9.53 Å². The van der Waals surface area contributed by atoms with Crippen LogP contribution in [0.1, 0.15) is 37.0 Å². The van der Waals surface area contributed by atoms with Gasteiger partial charge in [0.2, 0.25) is 5.91 Å². The van der Waals surface area contributed by atoms with Crippen molar-refractivity contribution in [2.24, 2.45) is 0 Å². The summed E-state index contributed by atoms with van der Waals surface area (Å²) in [4.78, 5) is 19.4. The Hall–Kier alpha value is -2.30. The van der Waals surface area contributed by atoms with Gasteiger partial charge < -0.3 is 15.0 Å². The molecule has 5 heteroatoms. The van der Waals surface area contributed by atoms with Crippen molar-refractivity contribution in [3.8, 4) is 5.75 Å². The van der Waals surface area contributed by atoms with Crippen molar-refractivity contribution in [2.75, 3.05) is 6.61 Å². The fraction of sp³-hybridized carbons (Fsp3) is 0.375. The lowest BCUT2D eigenvalue weighted by atomic mass is 10.1. The van der Waals surface area contributed by atoms with E-state index in [2.05, 4.69) is 15.3 Å². The molecule has 1 unspecified atom stereocenters. The number of hydrogen-bond donors (Lipinski definition) is 2. The number of carbonyl (C=O) groups excluding carboxylic acids is 1. The van der Waals surface area contributed by atoms with Gasteiger partial charge in [-0.15, -0.1) is 0 Å². The van der Waals surface area contributed by atoms with Gasteiger partial charge in [0.05, 0.1) is 19.1 Å². The minimum atomic E-state index is -0.131. The Kier molecular flexibility index (Phi) is 4.98. The molecule has 0 saturated heterocycles. The number of hydrogen-bond acceptors (Lipinski definition) is 3. The maximum Gasteiger partial charge on any atom is 0.224 e. The lowest BCUT2D eigenvalue weighted by Gasteiger charge is -2.12. The monoisotopic (exact) mass is 287 g/mol. The summed E-state index contributed by atoms with van der Waals surface area (Å²) in [5.41, 5.74) is 1.94. The van der Waals surface area contributed by atoms with Gasteiger partial charge in [0, 0.05) is 11.9 Å². The largest absolute Gasteiger partial charge is 0.494 e. The number of aromatic amines is 1. The number of aryl methyl sites for hydroxylation is 1. The Bertz CT molecular complexity index is 590. The third kappa shape index (κ3) is 4.34. The Morgan fingerprint density at radius 2 is 2.10 bits per heavy atom. The summed E-state index contributed by atoms with van der Waals surface area (Å²) in [5, 5.41) is 2.93. The number of H-pyrrole nitrogens is 1. The molecule has 1 heterocycles. The number of rotatable bonds is 6. The van der Waals surface area contributed by atoms with Gasteiger partial charge in [0.15, 0.2) is 0 Å². The van der Waals surface area contributed by atoms with E-state index in [1.165, 1.54) is 0 Å². The first-order valence-electron chi connectivity index (χ1n) is 7.11. The van der Waals surface area contributed by atoms with Crippen LogP contribution in [0.2, 0.25) is 0 Å². The molecule has 0 bridgehead atoms. The average molecular weight is 287 g/mol. The molecule has 2 rings (SSSR count). The minimum Gasteiger partial charge on any atom is -0.494 e. The highest BCUT2D eigenvalue weighted by atomic mass is 16.5. The van der Waals surface area contributed by atoms with Crippen LogP contribution in [0.5, 0.6) is 5.75 Å². The first-order valence-corrected chi connectivity index (χ1v) is 7.11. The molecule has 5 nitrogen and oxygen atoms in total. The summed E-state index contributed by atoms with van der Waals surface area (Å²) in [7, 11) is 0. The molecule has 1 amide bonds. The molecule has 2 N–H and O–H groups in total. The predicted octanol–water partition coefficient (Wildman–Crippen LogP) is 2.54. The van der Waals surface area contributed by atoms with Crippen LogP contribution in [0, 0.1) is 6.92 Å². The van der Waals surface area contributed by atoms with Gasteiger partial charge in [-0.1, -0.05) is 12.1 Å². The molecule has 1 aromatic heterocycles. The van der Waals surface area contributed by atoms with Crippen LogP contribution in [0.15, 0.2) is 30.5 Å². The van der Waals surface area contributed by atoms with Crippen LogP contribution in [0.4, 0.5) is 0 Å². The van der Waals surface area contributed by atoms with Gasteiger partial charge in [-0.05, 0) is 38.5 Å². The predicted molar refractivity (Wildman–Crippen MR) is 81.2 cm³/mol. The van der Waals surface area contributed by atoms with Crippen LogP contribution in [-0.4, -0.2) is 22.5 Å². The molecule has 1 aromatic carbocycles. The lowest BCUT2D eigenvalue weighted by molar-refractivity contribution is -0.121. The topological polar surface area (TPSA) is 67.0 Å². The molecule has 1 atom stereocenters. The second-order valence-electron chi connectivity index (χ2n) is 4.99. The van der Waals surface area contributed by atoms with E-state index in [0.29, 0.717) is 13.0 Å². The fourth-order valence-corrected chi connectivity index (χ4v) is 2.07. The number of nitrogens with one attached hydrogen (secondary N) is 2. The second kappa shape index (κ2) is 6.92. The van der Waals surface area contributed by atoms with Crippen LogP contribution in [0.25, 0.3) is 0 Å². The first kappa shape index (κ1) is 15.1. The standard InChI is InChI=1S/C16H21N3O2/c1-4-21-14-7-5-13(6-8-14)9-15(20)19-12(3)16-17-10-11(2)18-16/h5-8,10,12H,4,9H2,1-3H3,(H,17,18)(H,19,20). The van der Waals surface area contributed by atoms with Crippen molar-refractivity contribution in [3.05, 3.63) is 47.5 Å². The van der Waals surface area contributed by atoms with E-state index in [0.717, 1.165) is 22.8 Å². The third-order valence-corrected chi connectivity index (χ3v) is 3.11. The average Bonchev–Trinajstić information content (AvgIpc) is 2.88. The summed E-state index contributed by atoms with van der Waals surface area (Å²) in [6, 6.07) is 7.45. The molecule has 2 aromatic rings. The maximum absolute atomic E-state index is 12.0. The zero-order valence-corrected chi connectivity index (χ0v) is 12.6. The Balaban J connectivity index is 1.89. The van der Waals surface area contributed by atoms with E-state index in [-0.39, 0.29) is 11.9 Å². The Morgan fingerprint density at radius 3 is 2.67 bits per heavy atom. The highest BCUT2D eigenvalue weighted by Crippen LogP contribution is 2.13. The normalized spacial score (nSPS) is 12.0. The highest BCUT2D eigenvalue weighted by Gasteiger charge is 2.12. The van der Waals surface area contributed by atoms with Crippen molar-refractivity contribution in [3.63, 3.8) is 0 Å². The van der Waals surface area contributed by atoms with Gasteiger partial charge in [0.1, 0.15) is 11.6 Å². The van der Waals surface area contributed by atoms with Gasteiger partial charge in [-0.25, -0.2) is 4.98 Å². The van der Waals surface area contributed by atoms with E-state index in [4.69, 9.17) is 4.74 Å². The molecule has 21 heavy (non-hydrogen) atoms. The molecule has 0 fully saturated rings. The summed E-state index contributed by atoms with van der Waals surface area (Å²) in [6.07, 6.45) is 2.10. The zero-order valence-electron chi connectivity index (χ0n) is 12.6. The molecule has 0 radical (unpaired) electrons. The molecule has 0 aliphatic heterocycles. The van der Waals surface area contributed by atoms with Gasteiger partial charge >= 0.3 is 0 Å². The Labute approximate surface area is 124 Å². The molecule has 112 valence electrons. The van der Waals surface area contributed by atoms with Gasteiger partial charge in [-0.3, -0.25) is 4.79 Å². The fourth-order valence-electron chi connectivity index (χ4n) is 2.07. The molecule has 0 saturated carbocycles. The highest BCUT2D eigenvalue weighted by molar-refractivity contribution is 5.78. The Morgan fingerprint density at radius 1 is 1.38 bits per heavy atom. The molecular weight excluding hydrogens is 266 g/mol. The van der Waals surface area contributed by atoms with E-state index >= 15 is 0 Å². The first-order chi connectivity index (χ1) is 10.1. The maximum atomic E-state index is 12.0. The number of carbonyl (C=O) groups is 1. The second-order valence-corrected chi connectivity index (χ2v) is 4.99. The summed E-state index contributed by atoms with van der Waals surface area (Å²) in [5.74, 6) is 1.56. The molecule has 0 aliphatic carbocycles. The van der Waals surface area contributed by atoms with Crippen molar-refractivity contribution in [1.82, 2.24) is 15.3 Å². The number of amides is 1. The summed E-state index contributed by atoms with van der Waals surface area (Å²) in [6.45, 7) is 6.43. The summed E-state index contributed by atoms with van der Waals surface area (Å²) < 4.78 is 5.38. The van der Waals surface area contributed by atoms with Crippen LogP contribution >= 0.6 is 0 Å². The quantitative estimate of drug-likeness (QED) is 0.858. The molecule has 0 aliphatic rings. The number of aromatic nitrogens is 2. The summed E-state index contributed by atoms with van der Waals surface area (Å²) >= 11 is 0. The van der Waals surface area contributed by atoms with E-state index in [1.807, 2.05) is 45.0 Å². The van der Waals surface area contributed by atoms with Crippen molar-refractivity contribution >= 4 is 5.91 Å². The number of benzene rings is 1. The number of imidazole rings is 1. The number of ether oxygens (including phenoxy) is 1. The van der Waals surface area contributed by atoms with E-state index in [1.54, 1.807) is 6.20 Å². The van der Waals surface area contributed by atoms with Gasteiger partial charge in [-0.2, -0.15) is 0 Å². The molecular formula is C16H21N3O2. The SMILES string of the molecule is CCOc1ccc(CC(=O)NC(C)c2ncc(C)[nH]2)cc1. The number of nitrogens with zero attached hydrogens (tertiary/aromatic N) is 1. The van der Waals surface area contributed by atoms with Crippen LogP contribution < -0.4 is 10.1 Å². The third-order valence-electron chi connectivity index (χ3n) is 3.11. The van der Waals surface area contributed by atoms with Gasteiger partial charge in [0.25, 0.3) is 0 Å².